The fraction of sp³-hybridized carbons (Fsp3) is 0.588. The van der Waals surface area contributed by atoms with Gasteiger partial charge in [0.15, 0.2) is 0 Å². The Hall–Kier alpha value is -1.75. The van der Waals surface area contributed by atoms with Crippen molar-refractivity contribution in [3.05, 3.63) is 24.3 Å². The topological polar surface area (TPSA) is 59.6 Å². The molecule has 2 unspecified atom stereocenters. The summed E-state index contributed by atoms with van der Waals surface area (Å²) in [4.78, 5) is 11.7. The highest BCUT2D eigenvalue weighted by atomic mass is 16.6. The van der Waals surface area contributed by atoms with E-state index >= 15 is 0 Å². The number of hydrogen-bond donors (Lipinski definition) is 2. The molecule has 1 amide bonds. The van der Waals surface area contributed by atoms with Crippen molar-refractivity contribution in [1.29, 1.82) is 0 Å². The largest absolute Gasteiger partial charge is 0.444 e. The van der Waals surface area contributed by atoms with Crippen LogP contribution in [-0.4, -0.2) is 30.4 Å². The van der Waals surface area contributed by atoms with Crippen LogP contribution < -0.4 is 10.6 Å². The molecule has 1 aromatic carbocycles. The zero-order chi connectivity index (χ0) is 16.2. The Kier molecular flexibility index (Phi) is 5.29. The van der Waals surface area contributed by atoms with Gasteiger partial charge in [-0.1, -0.05) is 0 Å². The maximum Gasteiger partial charge on any atom is 0.412 e. The van der Waals surface area contributed by atoms with Gasteiger partial charge in [0.1, 0.15) is 5.60 Å². The molecule has 2 N–H and O–H groups in total. The molecule has 0 aliphatic carbocycles. The van der Waals surface area contributed by atoms with E-state index in [9.17, 15) is 4.79 Å². The van der Waals surface area contributed by atoms with Crippen molar-refractivity contribution < 1.29 is 14.3 Å². The smallest absolute Gasteiger partial charge is 0.412 e. The van der Waals surface area contributed by atoms with Gasteiger partial charge in [0.25, 0.3) is 0 Å². The van der Waals surface area contributed by atoms with Gasteiger partial charge < -0.3 is 14.8 Å². The Balaban J connectivity index is 1.86. The van der Waals surface area contributed by atoms with Crippen LogP contribution in [0, 0.1) is 0 Å². The first kappa shape index (κ1) is 16.6. The van der Waals surface area contributed by atoms with Crippen molar-refractivity contribution in [2.45, 2.75) is 58.3 Å². The standard InChI is InChI=1S/C17H26N2O3/c1-12-11-15(9-10-21-12)18-13-5-7-14(8-6-13)19-16(20)22-17(2,3)4/h5-8,12,15,18H,9-11H2,1-4H3,(H,19,20). The van der Waals surface area contributed by atoms with Crippen LogP contribution in [0.25, 0.3) is 0 Å². The van der Waals surface area contributed by atoms with E-state index in [1.54, 1.807) is 0 Å². The Morgan fingerprint density at radius 3 is 2.45 bits per heavy atom. The molecule has 0 spiro atoms. The van der Waals surface area contributed by atoms with Crippen LogP contribution in [0.1, 0.15) is 40.5 Å². The molecule has 1 saturated heterocycles. The van der Waals surface area contributed by atoms with E-state index in [1.807, 2.05) is 45.0 Å². The number of hydrogen-bond acceptors (Lipinski definition) is 4. The van der Waals surface area contributed by atoms with Crippen LogP contribution in [-0.2, 0) is 9.47 Å². The van der Waals surface area contributed by atoms with Gasteiger partial charge in [-0.05, 0) is 64.8 Å². The maximum atomic E-state index is 11.7. The zero-order valence-corrected chi connectivity index (χ0v) is 13.8. The van der Waals surface area contributed by atoms with Gasteiger partial charge >= 0.3 is 6.09 Å². The molecule has 22 heavy (non-hydrogen) atoms. The molecule has 0 saturated carbocycles. The summed E-state index contributed by atoms with van der Waals surface area (Å²) in [6.45, 7) is 8.43. The predicted octanol–water partition coefficient (Wildman–Crippen LogP) is 4.01. The van der Waals surface area contributed by atoms with Crippen LogP contribution in [0.15, 0.2) is 24.3 Å². The van der Waals surface area contributed by atoms with Crippen molar-refractivity contribution in [3.8, 4) is 0 Å². The molecule has 1 heterocycles. The van der Waals surface area contributed by atoms with Crippen molar-refractivity contribution in [2.24, 2.45) is 0 Å². The first-order chi connectivity index (χ1) is 10.3. The summed E-state index contributed by atoms with van der Waals surface area (Å²) >= 11 is 0. The van der Waals surface area contributed by atoms with Gasteiger partial charge in [-0.25, -0.2) is 4.79 Å². The fourth-order valence-electron chi connectivity index (χ4n) is 2.44. The third-order valence-corrected chi connectivity index (χ3v) is 3.39. The highest BCUT2D eigenvalue weighted by Crippen LogP contribution is 2.20. The lowest BCUT2D eigenvalue weighted by atomic mass is 10.0. The summed E-state index contributed by atoms with van der Waals surface area (Å²) in [5.41, 5.74) is 1.28. The molecule has 5 nitrogen and oxygen atoms in total. The number of amides is 1. The molecule has 1 aromatic rings. The average molecular weight is 306 g/mol. The van der Waals surface area contributed by atoms with Crippen LogP contribution in [0.2, 0.25) is 0 Å². The summed E-state index contributed by atoms with van der Waals surface area (Å²) in [5.74, 6) is 0. The van der Waals surface area contributed by atoms with Crippen molar-refractivity contribution in [1.82, 2.24) is 0 Å². The van der Waals surface area contributed by atoms with E-state index in [0.717, 1.165) is 30.8 Å². The Bertz CT molecular complexity index is 494. The summed E-state index contributed by atoms with van der Waals surface area (Å²) < 4.78 is 10.8. The van der Waals surface area contributed by atoms with E-state index in [2.05, 4.69) is 17.6 Å². The molecule has 5 heteroatoms. The van der Waals surface area contributed by atoms with E-state index in [4.69, 9.17) is 9.47 Å². The quantitative estimate of drug-likeness (QED) is 0.885. The van der Waals surface area contributed by atoms with Crippen LogP contribution in [0.3, 0.4) is 0 Å². The highest BCUT2D eigenvalue weighted by molar-refractivity contribution is 5.85. The highest BCUT2D eigenvalue weighted by Gasteiger charge is 2.19. The normalized spacial score (nSPS) is 22.0. The summed E-state index contributed by atoms with van der Waals surface area (Å²) in [6.07, 6.45) is 1.89. The first-order valence-electron chi connectivity index (χ1n) is 7.80. The fourth-order valence-corrected chi connectivity index (χ4v) is 2.44. The lowest BCUT2D eigenvalue weighted by Crippen LogP contribution is -2.32. The van der Waals surface area contributed by atoms with E-state index < -0.39 is 11.7 Å². The molecule has 0 radical (unpaired) electrons. The van der Waals surface area contributed by atoms with Gasteiger partial charge in [-0.3, -0.25) is 5.32 Å². The number of nitrogens with one attached hydrogen (secondary N) is 2. The summed E-state index contributed by atoms with van der Waals surface area (Å²) in [6, 6.07) is 8.11. The molecular weight excluding hydrogens is 280 g/mol. The Morgan fingerprint density at radius 2 is 1.86 bits per heavy atom. The van der Waals surface area contributed by atoms with Gasteiger partial charge in [0.2, 0.25) is 0 Å². The molecule has 2 rings (SSSR count). The van der Waals surface area contributed by atoms with E-state index in [1.165, 1.54) is 0 Å². The predicted molar refractivity (Wildman–Crippen MR) is 88.4 cm³/mol. The number of rotatable bonds is 3. The second kappa shape index (κ2) is 7.01. The van der Waals surface area contributed by atoms with E-state index in [-0.39, 0.29) is 0 Å². The minimum absolute atomic E-state index is 0.305. The van der Waals surface area contributed by atoms with Crippen LogP contribution >= 0.6 is 0 Å². The monoisotopic (exact) mass is 306 g/mol. The minimum atomic E-state index is -0.495. The Morgan fingerprint density at radius 1 is 1.23 bits per heavy atom. The zero-order valence-electron chi connectivity index (χ0n) is 13.8. The van der Waals surface area contributed by atoms with Gasteiger partial charge in [0.05, 0.1) is 6.10 Å². The van der Waals surface area contributed by atoms with Gasteiger partial charge in [-0.2, -0.15) is 0 Å². The van der Waals surface area contributed by atoms with Crippen molar-refractivity contribution in [2.75, 3.05) is 17.2 Å². The molecule has 122 valence electrons. The summed E-state index contributed by atoms with van der Waals surface area (Å²) in [7, 11) is 0. The van der Waals surface area contributed by atoms with Gasteiger partial charge in [-0.15, -0.1) is 0 Å². The van der Waals surface area contributed by atoms with Crippen LogP contribution in [0.4, 0.5) is 16.2 Å². The number of ether oxygens (including phenoxy) is 2. The molecular formula is C17H26N2O3. The third-order valence-electron chi connectivity index (χ3n) is 3.39. The maximum absolute atomic E-state index is 11.7. The number of anilines is 2. The molecule has 1 aliphatic rings. The van der Waals surface area contributed by atoms with Crippen molar-refractivity contribution >= 4 is 17.5 Å². The average Bonchev–Trinajstić information content (AvgIpc) is 2.39. The Labute approximate surface area is 132 Å². The molecule has 1 fully saturated rings. The van der Waals surface area contributed by atoms with E-state index in [0.29, 0.717) is 12.1 Å². The van der Waals surface area contributed by atoms with Gasteiger partial charge in [0, 0.05) is 24.0 Å². The lowest BCUT2D eigenvalue weighted by Gasteiger charge is -2.28. The summed E-state index contributed by atoms with van der Waals surface area (Å²) in [5, 5.41) is 6.23. The SMILES string of the molecule is CC1CC(Nc2ccc(NC(=O)OC(C)(C)C)cc2)CCO1. The molecule has 1 aliphatic heterocycles. The molecule has 0 aromatic heterocycles. The second-order valence-corrected chi connectivity index (χ2v) is 6.75. The van der Waals surface area contributed by atoms with Crippen molar-refractivity contribution in [3.63, 3.8) is 0 Å². The number of benzene rings is 1. The third kappa shape index (κ3) is 5.56. The second-order valence-electron chi connectivity index (χ2n) is 6.75. The number of carbonyl (C=O) groups excluding carboxylic acids is 1. The molecule has 2 atom stereocenters. The lowest BCUT2D eigenvalue weighted by molar-refractivity contribution is 0.0232. The van der Waals surface area contributed by atoms with Crippen LogP contribution in [0.5, 0.6) is 0 Å². The molecule has 0 bridgehead atoms. The number of carbonyl (C=O) groups is 1. The minimum Gasteiger partial charge on any atom is -0.444 e. The first-order valence-corrected chi connectivity index (χ1v) is 7.80.